The molecule has 9 rings (SSSR count). The first-order valence-corrected chi connectivity index (χ1v) is 16.8. The van der Waals surface area contributed by atoms with Crippen LogP contribution < -0.4 is 0 Å². The summed E-state index contributed by atoms with van der Waals surface area (Å²) in [4.78, 5) is 9.91. The standard InChI is InChI=1S/C41H36N6O2/c1-27-42-35-19-18-29(22-40(35)45(27)24-31(49)25-46-37-15-7-3-11-32(37)33-12-4-8-16-38(33)46)41-43-34-13-5-9-17-39(34)47(41)26-30(48)23-44-21-20-28-10-2-6-14-36(28)44/h2-22,30-31,48-49H,23-26H2,1H3. The van der Waals surface area contributed by atoms with E-state index in [0.717, 1.165) is 61.2 Å². The van der Waals surface area contributed by atoms with Gasteiger partial charge in [-0.2, -0.15) is 0 Å². The highest BCUT2D eigenvalue weighted by molar-refractivity contribution is 6.08. The lowest BCUT2D eigenvalue weighted by Crippen LogP contribution is -2.23. The molecule has 49 heavy (non-hydrogen) atoms. The molecule has 4 heterocycles. The first-order valence-electron chi connectivity index (χ1n) is 16.8. The van der Waals surface area contributed by atoms with Crippen molar-refractivity contribution in [3.63, 3.8) is 0 Å². The molecule has 9 aromatic rings. The van der Waals surface area contributed by atoms with E-state index in [9.17, 15) is 10.2 Å². The molecule has 0 aliphatic heterocycles. The van der Waals surface area contributed by atoms with Crippen molar-refractivity contribution in [2.24, 2.45) is 0 Å². The number of benzene rings is 5. The summed E-state index contributed by atoms with van der Waals surface area (Å²) in [5, 5.41) is 26.5. The van der Waals surface area contributed by atoms with Crippen molar-refractivity contribution in [2.75, 3.05) is 0 Å². The van der Waals surface area contributed by atoms with Gasteiger partial charge in [-0.15, -0.1) is 0 Å². The van der Waals surface area contributed by atoms with Crippen molar-refractivity contribution in [1.82, 2.24) is 28.2 Å². The molecule has 8 nitrogen and oxygen atoms in total. The van der Waals surface area contributed by atoms with Crippen LogP contribution in [0, 0.1) is 6.92 Å². The Kier molecular flexibility index (Phi) is 7.07. The summed E-state index contributed by atoms with van der Waals surface area (Å²) >= 11 is 0. The van der Waals surface area contributed by atoms with Crippen molar-refractivity contribution in [2.45, 2.75) is 45.3 Å². The maximum atomic E-state index is 11.6. The van der Waals surface area contributed by atoms with Gasteiger partial charge in [-0.05, 0) is 66.9 Å². The van der Waals surface area contributed by atoms with Gasteiger partial charge in [0.1, 0.15) is 11.6 Å². The van der Waals surface area contributed by atoms with E-state index in [-0.39, 0.29) is 0 Å². The fourth-order valence-electron chi connectivity index (χ4n) is 7.57. The van der Waals surface area contributed by atoms with E-state index in [1.807, 2.05) is 61.7 Å². The van der Waals surface area contributed by atoms with E-state index < -0.39 is 12.2 Å². The second kappa shape index (κ2) is 11.8. The Morgan fingerprint density at radius 3 is 1.90 bits per heavy atom. The molecular formula is C41H36N6O2. The molecule has 0 bridgehead atoms. The molecule has 2 N–H and O–H groups in total. The van der Waals surface area contributed by atoms with Crippen LogP contribution >= 0.6 is 0 Å². The highest BCUT2D eigenvalue weighted by Gasteiger charge is 2.20. The molecule has 0 amide bonds. The second-order valence-corrected chi connectivity index (χ2v) is 13.0. The van der Waals surface area contributed by atoms with Crippen LogP contribution in [-0.4, -0.2) is 50.7 Å². The Morgan fingerprint density at radius 1 is 0.531 bits per heavy atom. The average Bonchev–Trinajstić information content (AvgIpc) is 3.87. The van der Waals surface area contributed by atoms with Crippen molar-refractivity contribution in [3.05, 3.63) is 133 Å². The Bertz CT molecular complexity index is 2590. The summed E-state index contributed by atoms with van der Waals surface area (Å²) in [6, 6.07) is 41.3. The van der Waals surface area contributed by atoms with E-state index in [2.05, 4.69) is 91.1 Å². The number of imidazole rings is 2. The molecular weight excluding hydrogens is 608 g/mol. The van der Waals surface area contributed by atoms with Crippen LogP contribution in [0.1, 0.15) is 5.82 Å². The van der Waals surface area contributed by atoms with Crippen LogP contribution in [0.25, 0.3) is 66.2 Å². The number of hydrogen-bond acceptors (Lipinski definition) is 4. The van der Waals surface area contributed by atoms with E-state index in [1.165, 1.54) is 10.8 Å². The molecule has 4 aromatic heterocycles. The first-order chi connectivity index (χ1) is 24.0. The van der Waals surface area contributed by atoms with Gasteiger partial charge in [0.2, 0.25) is 0 Å². The molecule has 0 radical (unpaired) electrons. The average molecular weight is 645 g/mol. The Labute approximate surface area is 282 Å². The quantitative estimate of drug-likeness (QED) is 0.170. The molecule has 242 valence electrons. The Balaban J connectivity index is 1.05. The van der Waals surface area contributed by atoms with Crippen molar-refractivity contribution >= 4 is 54.8 Å². The summed E-state index contributed by atoms with van der Waals surface area (Å²) < 4.78 is 8.56. The Morgan fingerprint density at radius 2 is 1.12 bits per heavy atom. The lowest BCUT2D eigenvalue weighted by Gasteiger charge is -2.17. The van der Waals surface area contributed by atoms with Gasteiger partial charge < -0.3 is 28.5 Å². The van der Waals surface area contributed by atoms with Crippen molar-refractivity contribution in [1.29, 1.82) is 0 Å². The SMILES string of the molecule is Cc1nc2ccc(-c3nc4ccccc4n3CC(O)Cn3ccc4ccccc43)cc2n1CC(O)Cn1c2ccccc2c2ccccc21. The van der Waals surface area contributed by atoms with Crippen molar-refractivity contribution < 1.29 is 10.2 Å². The van der Waals surface area contributed by atoms with Crippen LogP contribution in [0.5, 0.6) is 0 Å². The number of para-hydroxylation sites is 5. The van der Waals surface area contributed by atoms with Crippen LogP contribution in [0.15, 0.2) is 128 Å². The molecule has 0 spiro atoms. The summed E-state index contributed by atoms with van der Waals surface area (Å²) in [7, 11) is 0. The van der Waals surface area contributed by atoms with Gasteiger partial charge in [0.05, 0.1) is 60.5 Å². The maximum absolute atomic E-state index is 11.6. The van der Waals surface area contributed by atoms with Crippen LogP contribution in [0.2, 0.25) is 0 Å². The van der Waals surface area contributed by atoms with Gasteiger partial charge in [-0.1, -0.05) is 66.7 Å². The van der Waals surface area contributed by atoms with Gasteiger partial charge in [-0.3, -0.25) is 0 Å². The highest BCUT2D eigenvalue weighted by atomic mass is 16.3. The van der Waals surface area contributed by atoms with Crippen LogP contribution in [0.4, 0.5) is 0 Å². The van der Waals surface area contributed by atoms with E-state index in [0.29, 0.717) is 26.2 Å². The minimum Gasteiger partial charge on any atom is -0.389 e. The number of aliphatic hydroxyl groups is 2. The van der Waals surface area contributed by atoms with Gasteiger partial charge >= 0.3 is 0 Å². The molecule has 0 fully saturated rings. The van der Waals surface area contributed by atoms with E-state index in [1.54, 1.807) is 0 Å². The molecule has 5 aromatic carbocycles. The zero-order valence-corrected chi connectivity index (χ0v) is 27.2. The molecule has 2 atom stereocenters. The lowest BCUT2D eigenvalue weighted by atomic mass is 10.1. The van der Waals surface area contributed by atoms with Gasteiger partial charge in [0.15, 0.2) is 0 Å². The number of aliphatic hydroxyl groups excluding tert-OH is 2. The summed E-state index contributed by atoms with van der Waals surface area (Å²) in [5.41, 5.74) is 7.92. The molecule has 0 aliphatic carbocycles. The van der Waals surface area contributed by atoms with Gasteiger partial charge in [0, 0.05) is 39.1 Å². The molecule has 0 saturated heterocycles. The third kappa shape index (κ3) is 5.08. The fraction of sp³-hybridized carbons (Fsp3) is 0.171. The number of aryl methyl sites for hydroxylation is 1. The van der Waals surface area contributed by atoms with E-state index >= 15 is 0 Å². The summed E-state index contributed by atoms with van der Waals surface area (Å²) in [6.07, 6.45) is 0.747. The smallest absolute Gasteiger partial charge is 0.141 e. The number of aromatic nitrogens is 6. The third-order valence-corrected chi connectivity index (χ3v) is 9.80. The summed E-state index contributed by atoms with van der Waals surface area (Å²) in [6.45, 7) is 3.69. The second-order valence-electron chi connectivity index (χ2n) is 13.0. The van der Waals surface area contributed by atoms with Crippen LogP contribution in [0.3, 0.4) is 0 Å². The first kappa shape index (κ1) is 29.4. The minimum absolute atomic E-state index is 0.385. The van der Waals surface area contributed by atoms with Crippen molar-refractivity contribution in [3.8, 4) is 11.4 Å². The third-order valence-electron chi connectivity index (χ3n) is 9.80. The predicted molar refractivity (Wildman–Crippen MR) is 197 cm³/mol. The maximum Gasteiger partial charge on any atom is 0.141 e. The lowest BCUT2D eigenvalue weighted by molar-refractivity contribution is 0.137. The summed E-state index contributed by atoms with van der Waals surface area (Å²) in [5.74, 6) is 1.63. The molecule has 0 saturated carbocycles. The number of fused-ring (bicyclic) bond motifs is 6. The molecule has 0 aliphatic rings. The Hall–Kier alpha value is -5.70. The van der Waals surface area contributed by atoms with Crippen LogP contribution in [-0.2, 0) is 26.2 Å². The normalized spacial score (nSPS) is 13.4. The monoisotopic (exact) mass is 644 g/mol. The fourth-order valence-corrected chi connectivity index (χ4v) is 7.57. The minimum atomic E-state index is -0.650. The van der Waals surface area contributed by atoms with E-state index in [4.69, 9.17) is 9.97 Å². The zero-order chi connectivity index (χ0) is 33.1. The number of nitrogens with zero attached hydrogens (tertiary/aromatic N) is 6. The topological polar surface area (TPSA) is 86.0 Å². The zero-order valence-electron chi connectivity index (χ0n) is 27.2. The number of rotatable bonds is 9. The number of hydrogen-bond donors (Lipinski definition) is 2. The predicted octanol–water partition coefficient (Wildman–Crippen LogP) is 7.55. The largest absolute Gasteiger partial charge is 0.389 e. The highest BCUT2D eigenvalue weighted by Crippen LogP contribution is 2.31. The molecule has 2 unspecified atom stereocenters. The van der Waals surface area contributed by atoms with Gasteiger partial charge in [-0.25, -0.2) is 9.97 Å². The molecule has 8 heteroatoms. The van der Waals surface area contributed by atoms with Gasteiger partial charge in [0.25, 0.3) is 0 Å².